The van der Waals surface area contributed by atoms with Crippen LogP contribution in [0.2, 0.25) is 5.02 Å². The molecule has 0 bridgehead atoms. The summed E-state index contributed by atoms with van der Waals surface area (Å²) in [4.78, 5) is 0. The average molecular weight is 227 g/mol. The van der Waals surface area contributed by atoms with Gasteiger partial charge in [0.25, 0.3) is 0 Å². The molecule has 0 spiro atoms. The SMILES string of the molecule is CCc1cc(CO)c(Cl)c2ccsc12. The van der Waals surface area contributed by atoms with E-state index in [1.54, 1.807) is 11.3 Å². The molecule has 0 saturated heterocycles. The standard InChI is InChI=1S/C11H11ClOS/c1-2-7-5-8(6-13)10(12)9-3-4-14-11(7)9/h3-5,13H,2,6H2,1H3. The van der Waals surface area contributed by atoms with Gasteiger partial charge in [-0.1, -0.05) is 24.6 Å². The Morgan fingerprint density at radius 3 is 2.86 bits per heavy atom. The Kier molecular flexibility index (Phi) is 2.77. The molecular formula is C11H11ClOS. The van der Waals surface area contributed by atoms with Crippen LogP contribution in [-0.4, -0.2) is 5.11 Å². The van der Waals surface area contributed by atoms with E-state index in [1.807, 2.05) is 17.5 Å². The van der Waals surface area contributed by atoms with Crippen molar-refractivity contribution in [2.24, 2.45) is 0 Å². The van der Waals surface area contributed by atoms with E-state index in [-0.39, 0.29) is 6.61 Å². The van der Waals surface area contributed by atoms with Crippen LogP contribution in [0.1, 0.15) is 18.1 Å². The summed E-state index contributed by atoms with van der Waals surface area (Å²) in [5.41, 5.74) is 2.10. The van der Waals surface area contributed by atoms with E-state index in [0.717, 1.165) is 17.4 Å². The van der Waals surface area contributed by atoms with Crippen molar-refractivity contribution >= 4 is 33.0 Å². The van der Waals surface area contributed by atoms with Crippen molar-refractivity contribution in [3.8, 4) is 0 Å². The second kappa shape index (κ2) is 3.89. The van der Waals surface area contributed by atoms with Crippen LogP contribution in [0.4, 0.5) is 0 Å². The minimum absolute atomic E-state index is 0.0115. The Morgan fingerprint density at radius 2 is 2.21 bits per heavy atom. The van der Waals surface area contributed by atoms with Crippen LogP contribution in [0.25, 0.3) is 10.1 Å². The van der Waals surface area contributed by atoms with E-state index >= 15 is 0 Å². The number of hydrogen-bond acceptors (Lipinski definition) is 2. The van der Waals surface area contributed by atoms with Crippen LogP contribution in [0.3, 0.4) is 0 Å². The zero-order valence-electron chi connectivity index (χ0n) is 7.88. The fourth-order valence-corrected chi connectivity index (χ4v) is 2.94. The second-order valence-electron chi connectivity index (χ2n) is 3.18. The van der Waals surface area contributed by atoms with Crippen molar-refractivity contribution in [2.75, 3.05) is 0 Å². The molecular weight excluding hydrogens is 216 g/mol. The highest BCUT2D eigenvalue weighted by Crippen LogP contribution is 2.34. The van der Waals surface area contributed by atoms with Gasteiger partial charge in [-0.2, -0.15) is 0 Å². The van der Waals surface area contributed by atoms with E-state index in [9.17, 15) is 0 Å². The number of rotatable bonds is 2. The van der Waals surface area contributed by atoms with Gasteiger partial charge in [0.1, 0.15) is 0 Å². The molecule has 1 N–H and O–H groups in total. The number of aryl methyl sites for hydroxylation is 1. The van der Waals surface area contributed by atoms with Crippen molar-refractivity contribution in [3.63, 3.8) is 0 Å². The number of halogens is 1. The van der Waals surface area contributed by atoms with Gasteiger partial charge >= 0.3 is 0 Å². The molecule has 0 radical (unpaired) electrons. The van der Waals surface area contributed by atoms with Crippen LogP contribution in [-0.2, 0) is 13.0 Å². The summed E-state index contributed by atoms with van der Waals surface area (Å²) in [6.45, 7) is 2.13. The third-order valence-electron chi connectivity index (χ3n) is 2.37. The van der Waals surface area contributed by atoms with Crippen molar-refractivity contribution in [1.82, 2.24) is 0 Å². The topological polar surface area (TPSA) is 20.2 Å². The van der Waals surface area contributed by atoms with Crippen molar-refractivity contribution in [1.29, 1.82) is 0 Å². The lowest BCUT2D eigenvalue weighted by Crippen LogP contribution is -1.89. The maximum absolute atomic E-state index is 9.15. The van der Waals surface area contributed by atoms with Gasteiger partial charge < -0.3 is 5.11 Å². The van der Waals surface area contributed by atoms with Gasteiger partial charge in [-0.15, -0.1) is 11.3 Å². The van der Waals surface area contributed by atoms with Gasteiger partial charge in [-0.25, -0.2) is 0 Å². The van der Waals surface area contributed by atoms with Crippen LogP contribution >= 0.6 is 22.9 Å². The second-order valence-corrected chi connectivity index (χ2v) is 4.48. The Balaban J connectivity index is 2.80. The number of aliphatic hydroxyl groups excluding tert-OH is 1. The zero-order chi connectivity index (χ0) is 10.1. The summed E-state index contributed by atoms with van der Waals surface area (Å²) < 4.78 is 1.25. The lowest BCUT2D eigenvalue weighted by atomic mass is 10.1. The average Bonchev–Trinajstić information content (AvgIpc) is 2.68. The Morgan fingerprint density at radius 1 is 1.43 bits per heavy atom. The predicted molar refractivity (Wildman–Crippen MR) is 62.1 cm³/mol. The third kappa shape index (κ3) is 1.44. The molecule has 14 heavy (non-hydrogen) atoms. The smallest absolute Gasteiger partial charge is 0.0696 e. The molecule has 0 aliphatic carbocycles. The van der Waals surface area contributed by atoms with E-state index in [1.165, 1.54) is 10.3 Å². The lowest BCUT2D eigenvalue weighted by Gasteiger charge is -2.06. The Hall–Kier alpha value is -0.570. The first-order valence-corrected chi connectivity index (χ1v) is 5.82. The minimum Gasteiger partial charge on any atom is -0.392 e. The van der Waals surface area contributed by atoms with Gasteiger partial charge in [0.05, 0.1) is 11.6 Å². The first-order valence-electron chi connectivity index (χ1n) is 4.56. The number of thiophene rings is 1. The Labute approximate surface area is 91.9 Å². The lowest BCUT2D eigenvalue weighted by molar-refractivity contribution is 0.282. The summed E-state index contributed by atoms with van der Waals surface area (Å²) >= 11 is 7.86. The van der Waals surface area contributed by atoms with Crippen LogP contribution in [0.15, 0.2) is 17.5 Å². The third-order valence-corrected chi connectivity index (χ3v) is 3.81. The predicted octanol–water partition coefficient (Wildman–Crippen LogP) is 3.61. The molecule has 1 aromatic heterocycles. The van der Waals surface area contributed by atoms with E-state index in [4.69, 9.17) is 16.7 Å². The fraction of sp³-hybridized carbons (Fsp3) is 0.273. The normalized spacial score (nSPS) is 11.1. The van der Waals surface area contributed by atoms with E-state index in [0.29, 0.717) is 5.02 Å². The molecule has 0 unspecified atom stereocenters. The molecule has 0 saturated carbocycles. The summed E-state index contributed by atoms with van der Waals surface area (Å²) in [5.74, 6) is 0. The van der Waals surface area contributed by atoms with Crippen LogP contribution < -0.4 is 0 Å². The zero-order valence-corrected chi connectivity index (χ0v) is 9.45. The molecule has 2 aromatic rings. The van der Waals surface area contributed by atoms with Gasteiger partial charge in [0.15, 0.2) is 0 Å². The molecule has 0 amide bonds. The fourth-order valence-electron chi connectivity index (χ4n) is 1.62. The van der Waals surface area contributed by atoms with E-state index < -0.39 is 0 Å². The van der Waals surface area contributed by atoms with Crippen LogP contribution in [0, 0.1) is 0 Å². The summed E-state index contributed by atoms with van der Waals surface area (Å²) in [6.07, 6.45) is 0.973. The molecule has 0 aliphatic heterocycles. The molecule has 2 rings (SSSR count). The largest absolute Gasteiger partial charge is 0.392 e. The van der Waals surface area contributed by atoms with Crippen molar-refractivity contribution in [3.05, 3.63) is 33.7 Å². The number of aliphatic hydroxyl groups is 1. The summed E-state index contributed by atoms with van der Waals surface area (Å²) in [7, 11) is 0. The molecule has 74 valence electrons. The van der Waals surface area contributed by atoms with Gasteiger partial charge in [0.2, 0.25) is 0 Å². The highest BCUT2D eigenvalue weighted by molar-refractivity contribution is 7.17. The van der Waals surface area contributed by atoms with Crippen molar-refractivity contribution < 1.29 is 5.11 Å². The first kappa shape index (κ1) is 9.97. The number of benzene rings is 1. The first-order chi connectivity index (χ1) is 6.77. The molecule has 0 aliphatic rings. The molecule has 0 atom stereocenters. The number of hydrogen-bond donors (Lipinski definition) is 1. The quantitative estimate of drug-likeness (QED) is 0.830. The maximum atomic E-state index is 9.15. The highest BCUT2D eigenvalue weighted by Gasteiger charge is 2.09. The van der Waals surface area contributed by atoms with Gasteiger partial charge in [0, 0.05) is 10.1 Å². The Bertz CT molecular complexity index is 462. The summed E-state index contributed by atoms with van der Waals surface area (Å²) in [5, 5.41) is 13.0. The van der Waals surface area contributed by atoms with Crippen molar-refractivity contribution in [2.45, 2.75) is 20.0 Å². The maximum Gasteiger partial charge on any atom is 0.0696 e. The van der Waals surface area contributed by atoms with E-state index in [2.05, 4.69) is 6.92 Å². The minimum atomic E-state index is 0.0115. The van der Waals surface area contributed by atoms with Gasteiger partial charge in [-0.3, -0.25) is 0 Å². The molecule has 1 heterocycles. The monoisotopic (exact) mass is 226 g/mol. The molecule has 0 fully saturated rings. The molecule has 1 nitrogen and oxygen atoms in total. The van der Waals surface area contributed by atoms with Crippen LogP contribution in [0.5, 0.6) is 0 Å². The molecule has 1 aromatic carbocycles. The van der Waals surface area contributed by atoms with Gasteiger partial charge in [-0.05, 0) is 29.0 Å². The number of fused-ring (bicyclic) bond motifs is 1. The highest BCUT2D eigenvalue weighted by atomic mass is 35.5. The summed E-state index contributed by atoms with van der Waals surface area (Å²) in [6, 6.07) is 4.02. The molecule has 3 heteroatoms.